The van der Waals surface area contributed by atoms with Gasteiger partial charge in [0.25, 0.3) is 5.91 Å². The van der Waals surface area contributed by atoms with Gasteiger partial charge in [0.2, 0.25) is 10.0 Å². The molecule has 2 rings (SSSR count). The van der Waals surface area contributed by atoms with Gasteiger partial charge in [-0.3, -0.25) is 4.79 Å². The van der Waals surface area contributed by atoms with E-state index in [0.29, 0.717) is 17.9 Å². The minimum absolute atomic E-state index is 0.00566. The lowest BCUT2D eigenvalue weighted by atomic mass is 10.1. The van der Waals surface area contributed by atoms with E-state index >= 15 is 0 Å². The van der Waals surface area contributed by atoms with Crippen LogP contribution in [-0.4, -0.2) is 34.0 Å². The van der Waals surface area contributed by atoms with Crippen LogP contribution in [0.1, 0.15) is 17.3 Å². The van der Waals surface area contributed by atoms with Crippen LogP contribution < -0.4 is 25.8 Å². The maximum atomic E-state index is 12.6. The Labute approximate surface area is 157 Å². The summed E-state index contributed by atoms with van der Waals surface area (Å²) in [7, 11) is -2.61. The number of sulfonamides is 1. The van der Waals surface area contributed by atoms with Crippen LogP contribution in [-0.2, 0) is 10.0 Å². The number of hydrogen-bond acceptors (Lipinski definition) is 5. The summed E-state index contributed by atoms with van der Waals surface area (Å²) >= 11 is 0. The van der Waals surface area contributed by atoms with Gasteiger partial charge in [0, 0.05) is 17.9 Å². The van der Waals surface area contributed by atoms with Crippen molar-refractivity contribution in [1.82, 2.24) is 5.32 Å². The Kier molecular flexibility index (Phi) is 6.37. The summed E-state index contributed by atoms with van der Waals surface area (Å²) in [4.78, 5) is 24.0. The lowest BCUT2D eigenvalue weighted by Crippen LogP contribution is -2.28. The van der Waals surface area contributed by atoms with E-state index in [2.05, 4.69) is 16.0 Å². The van der Waals surface area contributed by atoms with Crippen LogP contribution in [0.4, 0.5) is 16.2 Å². The maximum Gasteiger partial charge on any atom is 0.319 e. The van der Waals surface area contributed by atoms with Gasteiger partial charge < -0.3 is 20.7 Å². The highest BCUT2D eigenvalue weighted by Gasteiger charge is 2.17. The second kappa shape index (κ2) is 8.52. The fourth-order valence-electron chi connectivity index (χ4n) is 2.25. The molecule has 0 aliphatic rings. The van der Waals surface area contributed by atoms with E-state index in [1.54, 1.807) is 31.2 Å². The minimum Gasteiger partial charge on any atom is -0.496 e. The molecule has 144 valence electrons. The molecule has 0 saturated heterocycles. The van der Waals surface area contributed by atoms with Gasteiger partial charge in [-0.25, -0.2) is 18.4 Å². The summed E-state index contributed by atoms with van der Waals surface area (Å²) in [6.45, 7) is 2.27. The number of urea groups is 1. The van der Waals surface area contributed by atoms with Crippen LogP contribution in [0.2, 0.25) is 0 Å². The predicted octanol–water partition coefficient (Wildman–Crippen LogP) is 1.74. The molecule has 5 N–H and O–H groups in total. The molecule has 0 aromatic heterocycles. The summed E-state index contributed by atoms with van der Waals surface area (Å²) in [6.07, 6.45) is 0. The van der Waals surface area contributed by atoms with Crippen LogP contribution in [0, 0.1) is 0 Å². The van der Waals surface area contributed by atoms with Crippen molar-refractivity contribution >= 4 is 33.3 Å². The molecular weight excluding hydrogens is 372 g/mol. The molecule has 0 aliphatic heterocycles. The molecule has 27 heavy (non-hydrogen) atoms. The molecule has 0 heterocycles. The van der Waals surface area contributed by atoms with Crippen molar-refractivity contribution in [2.75, 3.05) is 24.3 Å². The molecule has 0 aliphatic carbocycles. The molecule has 3 amide bonds. The molecule has 0 unspecified atom stereocenters. The molecule has 10 heteroatoms. The van der Waals surface area contributed by atoms with Gasteiger partial charge in [0.1, 0.15) is 5.75 Å². The molecule has 2 aromatic rings. The molecule has 0 spiro atoms. The second-order valence-corrected chi connectivity index (χ2v) is 6.99. The number of methoxy groups -OCH3 is 1. The number of nitrogens with two attached hydrogens (primary N) is 1. The van der Waals surface area contributed by atoms with E-state index in [1.165, 1.54) is 19.2 Å². The molecule has 0 atom stereocenters. The summed E-state index contributed by atoms with van der Waals surface area (Å²) in [5.74, 6) is -0.399. The Morgan fingerprint density at radius 3 is 2.33 bits per heavy atom. The fraction of sp³-hybridized carbons (Fsp3) is 0.176. The highest BCUT2D eigenvalue weighted by molar-refractivity contribution is 7.89. The number of carbonyl (C=O) groups excluding carboxylic acids is 2. The molecule has 0 radical (unpaired) electrons. The average molecular weight is 392 g/mol. The van der Waals surface area contributed by atoms with Crippen molar-refractivity contribution in [3.05, 3.63) is 48.0 Å². The Hall–Kier alpha value is -3.11. The van der Waals surface area contributed by atoms with Crippen LogP contribution >= 0.6 is 0 Å². The van der Waals surface area contributed by atoms with Crippen LogP contribution in [0.5, 0.6) is 5.75 Å². The lowest BCUT2D eigenvalue weighted by Gasteiger charge is -2.12. The SMILES string of the molecule is CCNC(=O)Nc1cccc(NC(=O)c2cc(S(N)(=O)=O)ccc2OC)c1. The molecule has 0 bridgehead atoms. The van der Waals surface area contributed by atoms with Crippen LogP contribution in [0.15, 0.2) is 47.4 Å². The number of ether oxygens (including phenoxy) is 1. The van der Waals surface area contributed by atoms with Crippen LogP contribution in [0.3, 0.4) is 0 Å². The van der Waals surface area contributed by atoms with Gasteiger partial charge in [0.15, 0.2) is 0 Å². The Morgan fingerprint density at radius 2 is 1.74 bits per heavy atom. The molecule has 0 saturated carbocycles. The van der Waals surface area contributed by atoms with E-state index in [4.69, 9.17) is 9.88 Å². The van der Waals surface area contributed by atoms with Crippen molar-refractivity contribution in [2.45, 2.75) is 11.8 Å². The van der Waals surface area contributed by atoms with Crippen molar-refractivity contribution in [3.63, 3.8) is 0 Å². The van der Waals surface area contributed by atoms with E-state index in [-0.39, 0.29) is 22.2 Å². The zero-order chi connectivity index (χ0) is 20.0. The van der Waals surface area contributed by atoms with Gasteiger partial charge in [-0.1, -0.05) is 6.07 Å². The quantitative estimate of drug-likeness (QED) is 0.593. The number of anilines is 2. The van der Waals surface area contributed by atoms with Gasteiger partial charge >= 0.3 is 6.03 Å². The Morgan fingerprint density at radius 1 is 1.07 bits per heavy atom. The Balaban J connectivity index is 2.26. The maximum absolute atomic E-state index is 12.6. The topological polar surface area (TPSA) is 140 Å². The summed E-state index contributed by atoms with van der Waals surface area (Å²) in [5, 5.41) is 13.0. The third-order valence-electron chi connectivity index (χ3n) is 3.46. The molecule has 0 fully saturated rings. The number of rotatable bonds is 6. The standard InChI is InChI=1S/C17H20N4O5S/c1-3-19-17(23)21-12-6-4-5-11(9-12)20-16(22)14-10-13(27(18,24)25)7-8-15(14)26-2/h4-10H,3H2,1-2H3,(H,20,22)(H2,18,24,25)(H2,19,21,23). The number of benzene rings is 2. The largest absolute Gasteiger partial charge is 0.496 e. The first kappa shape index (κ1) is 20.2. The second-order valence-electron chi connectivity index (χ2n) is 5.43. The number of hydrogen-bond donors (Lipinski definition) is 4. The normalized spacial score (nSPS) is 10.8. The Bertz CT molecular complexity index is 960. The van der Waals surface area contributed by atoms with Crippen LogP contribution in [0.25, 0.3) is 0 Å². The van der Waals surface area contributed by atoms with E-state index in [0.717, 1.165) is 6.07 Å². The first-order chi connectivity index (χ1) is 12.7. The highest BCUT2D eigenvalue weighted by Crippen LogP contribution is 2.24. The summed E-state index contributed by atoms with van der Waals surface area (Å²) in [6, 6.07) is 9.86. The van der Waals surface area contributed by atoms with Crippen molar-refractivity contribution in [3.8, 4) is 5.75 Å². The number of carbonyl (C=O) groups is 2. The smallest absolute Gasteiger partial charge is 0.319 e. The number of amides is 3. The van der Waals surface area contributed by atoms with Crippen molar-refractivity contribution in [1.29, 1.82) is 0 Å². The minimum atomic E-state index is -3.97. The third kappa shape index (κ3) is 5.43. The van der Waals surface area contributed by atoms with E-state index in [1.807, 2.05) is 0 Å². The first-order valence-electron chi connectivity index (χ1n) is 7.91. The lowest BCUT2D eigenvalue weighted by molar-refractivity contribution is 0.102. The summed E-state index contributed by atoms with van der Waals surface area (Å²) < 4.78 is 28.2. The number of nitrogens with one attached hydrogen (secondary N) is 3. The number of primary sulfonamides is 1. The molecule has 2 aromatic carbocycles. The van der Waals surface area contributed by atoms with E-state index < -0.39 is 15.9 Å². The zero-order valence-electron chi connectivity index (χ0n) is 14.8. The summed E-state index contributed by atoms with van der Waals surface area (Å²) in [5.41, 5.74) is 0.882. The zero-order valence-corrected chi connectivity index (χ0v) is 15.6. The van der Waals surface area contributed by atoms with E-state index in [9.17, 15) is 18.0 Å². The fourth-order valence-corrected chi connectivity index (χ4v) is 2.79. The van der Waals surface area contributed by atoms with Gasteiger partial charge in [-0.05, 0) is 43.3 Å². The average Bonchev–Trinajstić information content (AvgIpc) is 2.60. The third-order valence-corrected chi connectivity index (χ3v) is 4.37. The predicted molar refractivity (Wildman–Crippen MR) is 101 cm³/mol. The van der Waals surface area contributed by atoms with Crippen molar-refractivity contribution in [2.24, 2.45) is 5.14 Å². The molecule has 9 nitrogen and oxygen atoms in total. The van der Waals surface area contributed by atoms with Gasteiger partial charge in [-0.15, -0.1) is 0 Å². The van der Waals surface area contributed by atoms with Gasteiger partial charge in [0.05, 0.1) is 17.6 Å². The molecular formula is C17H20N4O5S. The first-order valence-corrected chi connectivity index (χ1v) is 9.46. The van der Waals surface area contributed by atoms with Gasteiger partial charge in [-0.2, -0.15) is 0 Å². The van der Waals surface area contributed by atoms with Crippen molar-refractivity contribution < 1.29 is 22.7 Å². The highest BCUT2D eigenvalue weighted by atomic mass is 32.2. The monoisotopic (exact) mass is 392 g/mol.